The predicted octanol–water partition coefficient (Wildman–Crippen LogP) is 2.83. The largest absolute Gasteiger partial charge is 0.350 e. The quantitative estimate of drug-likeness (QED) is 0.804. The van der Waals surface area contributed by atoms with Gasteiger partial charge in [-0.3, -0.25) is 9.59 Å². The molecule has 0 fully saturated rings. The SMILES string of the molecule is CC(=O)N/C(=C/c1ccccc1C)C(=O)NCCc1ccccc1. The summed E-state index contributed by atoms with van der Waals surface area (Å²) in [5.74, 6) is -0.558. The molecule has 4 nitrogen and oxygen atoms in total. The smallest absolute Gasteiger partial charge is 0.267 e. The molecule has 4 heteroatoms. The van der Waals surface area contributed by atoms with Crippen molar-refractivity contribution in [1.82, 2.24) is 10.6 Å². The molecule has 0 atom stereocenters. The fourth-order valence-electron chi connectivity index (χ4n) is 2.31. The van der Waals surface area contributed by atoms with E-state index in [1.807, 2.05) is 61.5 Å². The summed E-state index contributed by atoms with van der Waals surface area (Å²) in [7, 11) is 0. The molecule has 24 heavy (non-hydrogen) atoms. The van der Waals surface area contributed by atoms with E-state index < -0.39 is 0 Å². The van der Waals surface area contributed by atoms with E-state index in [4.69, 9.17) is 0 Å². The Balaban J connectivity index is 2.05. The van der Waals surface area contributed by atoms with Gasteiger partial charge in [-0.15, -0.1) is 0 Å². The summed E-state index contributed by atoms with van der Waals surface area (Å²) in [6, 6.07) is 17.6. The van der Waals surface area contributed by atoms with Gasteiger partial charge in [0.25, 0.3) is 5.91 Å². The zero-order chi connectivity index (χ0) is 17.4. The molecule has 0 heterocycles. The maximum Gasteiger partial charge on any atom is 0.267 e. The Kier molecular flexibility index (Phi) is 6.32. The Hall–Kier alpha value is -2.88. The maximum atomic E-state index is 12.4. The van der Waals surface area contributed by atoms with Gasteiger partial charge in [-0.25, -0.2) is 0 Å². The van der Waals surface area contributed by atoms with Crippen LogP contribution in [0.25, 0.3) is 6.08 Å². The minimum atomic E-state index is -0.288. The summed E-state index contributed by atoms with van der Waals surface area (Å²) >= 11 is 0. The lowest BCUT2D eigenvalue weighted by Gasteiger charge is -2.10. The van der Waals surface area contributed by atoms with Crippen molar-refractivity contribution in [3.05, 3.63) is 77.0 Å². The molecular formula is C20H22N2O2. The Bertz CT molecular complexity index is 736. The highest BCUT2D eigenvalue weighted by Gasteiger charge is 2.11. The predicted molar refractivity (Wildman–Crippen MR) is 96.1 cm³/mol. The monoisotopic (exact) mass is 322 g/mol. The van der Waals surface area contributed by atoms with Gasteiger partial charge in [0.05, 0.1) is 0 Å². The van der Waals surface area contributed by atoms with Crippen molar-refractivity contribution >= 4 is 17.9 Å². The molecule has 0 aliphatic heterocycles. The Morgan fingerprint density at radius 3 is 2.33 bits per heavy atom. The lowest BCUT2D eigenvalue weighted by Crippen LogP contribution is -2.34. The summed E-state index contributed by atoms with van der Waals surface area (Å²) in [6.45, 7) is 3.86. The zero-order valence-electron chi connectivity index (χ0n) is 14.0. The van der Waals surface area contributed by atoms with Gasteiger partial charge < -0.3 is 10.6 Å². The first-order chi connectivity index (χ1) is 11.6. The standard InChI is InChI=1S/C20H22N2O2/c1-15-8-6-7-11-18(15)14-19(22-16(2)23)20(24)21-13-12-17-9-4-3-5-10-17/h3-11,14H,12-13H2,1-2H3,(H,21,24)(H,22,23)/b19-14+. The molecule has 124 valence electrons. The Labute approximate surface area is 142 Å². The molecule has 0 saturated heterocycles. The van der Waals surface area contributed by atoms with Crippen LogP contribution in [0.1, 0.15) is 23.6 Å². The van der Waals surface area contributed by atoms with E-state index in [0.29, 0.717) is 6.54 Å². The van der Waals surface area contributed by atoms with Crippen LogP contribution in [-0.4, -0.2) is 18.4 Å². The van der Waals surface area contributed by atoms with Crippen LogP contribution >= 0.6 is 0 Å². The van der Waals surface area contributed by atoms with Gasteiger partial charge >= 0.3 is 0 Å². The van der Waals surface area contributed by atoms with Crippen molar-refractivity contribution in [2.75, 3.05) is 6.54 Å². The van der Waals surface area contributed by atoms with Crippen molar-refractivity contribution in [3.8, 4) is 0 Å². The topological polar surface area (TPSA) is 58.2 Å². The molecule has 0 aliphatic carbocycles. The molecule has 0 unspecified atom stereocenters. The van der Waals surface area contributed by atoms with Gasteiger partial charge in [0.1, 0.15) is 5.70 Å². The van der Waals surface area contributed by atoms with Gasteiger partial charge in [-0.2, -0.15) is 0 Å². The van der Waals surface area contributed by atoms with E-state index in [1.165, 1.54) is 6.92 Å². The second-order valence-corrected chi connectivity index (χ2v) is 5.59. The maximum absolute atomic E-state index is 12.4. The number of nitrogens with one attached hydrogen (secondary N) is 2. The molecule has 2 rings (SSSR count). The van der Waals surface area contributed by atoms with Crippen molar-refractivity contribution in [1.29, 1.82) is 0 Å². The molecule has 0 bridgehead atoms. The number of rotatable bonds is 6. The first-order valence-electron chi connectivity index (χ1n) is 7.93. The average molecular weight is 322 g/mol. The molecule has 0 aliphatic rings. The third kappa shape index (κ3) is 5.39. The lowest BCUT2D eigenvalue weighted by molar-refractivity contribution is -0.122. The highest BCUT2D eigenvalue weighted by Crippen LogP contribution is 2.11. The van der Waals surface area contributed by atoms with Gasteiger partial charge in [0.15, 0.2) is 0 Å². The van der Waals surface area contributed by atoms with E-state index in [2.05, 4.69) is 10.6 Å². The fourth-order valence-corrected chi connectivity index (χ4v) is 2.31. The Morgan fingerprint density at radius 2 is 1.67 bits per heavy atom. The van der Waals surface area contributed by atoms with Crippen LogP contribution in [0.4, 0.5) is 0 Å². The zero-order valence-corrected chi connectivity index (χ0v) is 14.0. The van der Waals surface area contributed by atoms with E-state index >= 15 is 0 Å². The van der Waals surface area contributed by atoms with Crippen molar-refractivity contribution in [2.45, 2.75) is 20.3 Å². The van der Waals surface area contributed by atoms with Gasteiger partial charge in [-0.1, -0.05) is 54.6 Å². The van der Waals surface area contributed by atoms with Crippen molar-refractivity contribution in [2.24, 2.45) is 0 Å². The van der Waals surface area contributed by atoms with Crippen molar-refractivity contribution < 1.29 is 9.59 Å². The number of benzene rings is 2. The number of carbonyl (C=O) groups is 2. The number of carbonyl (C=O) groups excluding carboxylic acids is 2. The van der Waals surface area contributed by atoms with Gasteiger partial charge in [-0.05, 0) is 36.1 Å². The minimum absolute atomic E-state index is 0.255. The number of aryl methyl sites for hydroxylation is 1. The molecule has 2 N–H and O–H groups in total. The second-order valence-electron chi connectivity index (χ2n) is 5.59. The summed E-state index contributed by atoms with van der Waals surface area (Å²) in [4.78, 5) is 23.8. The van der Waals surface area contributed by atoms with Crippen LogP contribution in [0.15, 0.2) is 60.3 Å². The average Bonchev–Trinajstić information content (AvgIpc) is 2.56. The third-order valence-electron chi connectivity index (χ3n) is 3.59. The molecule has 0 spiro atoms. The summed E-state index contributed by atoms with van der Waals surface area (Å²) < 4.78 is 0. The van der Waals surface area contributed by atoms with E-state index in [1.54, 1.807) is 6.08 Å². The van der Waals surface area contributed by atoms with E-state index in [9.17, 15) is 9.59 Å². The lowest BCUT2D eigenvalue weighted by atomic mass is 10.1. The minimum Gasteiger partial charge on any atom is -0.350 e. The number of hydrogen-bond acceptors (Lipinski definition) is 2. The molecule has 2 amide bonds. The normalized spacial score (nSPS) is 11.0. The van der Waals surface area contributed by atoms with Crippen molar-refractivity contribution in [3.63, 3.8) is 0 Å². The van der Waals surface area contributed by atoms with Crippen LogP contribution in [0.3, 0.4) is 0 Å². The molecule has 2 aromatic carbocycles. The van der Waals surface area contributed by atoms with Crippen LogP contribution in [0.5, 0.6) is 0 Å². The first kappa shape index (κ1) is 17.5. The van der Waals surface area contributed by atoms with Crippen LogP contribution in [0, 0.1) is 6.92 Å². The van der Waals surface area contributed by atoms with Crippen LogP contribution in [0.2, 0.25) is 0 Å². The van der Waals surface area contributed by atoms with E-state index in [-0.39, 0.29) is 17.5 Å². The van der Waals surface area contributed by atoms with Crippen LogP contribution in [-0.2, 0) is 16.0 Å². The summed E-state index contributed by atoms with van der Waals surface area (Å²) in [5.41, 5.74) is 3.35. The third-order valence-corrected chi connectivity index (χ3v) is 3.59. The Morgan fingerprint density at radius 1 is 1.00 bits per heavy atom. The first-order valence-corrected chi connectivity index (χ1v) is 7.93. The molecular weight excluding hydrogens is 300 g/mol. The second kappa shape index (κ2) is 8.67. The molecule has 2 aromatic rings. The number of amides is 2. The summed E-state index contributed by atoms with van der Waals surface area (Å²) in [5, 5.41) is 5.47. The van der Waals surface area contributed by atoms with Crippen LogP contribution < -0.4 is 10.6 Å². The molecule has 0 radical (unpaired) electrons. The van der Waals surface area contributed by atoms with Gasteiger partial charge in [0, 0.05) is 13.5 Å². The molecule has 0 aromatic heterocycles. The number of hydrogen-bond donors (Lipinski definition) is 2. The fraction of sp³-hybridized carbons (Fsp3) is 0.200. The molecule has 0 saturated carbocycles. The van der Waals surface area contributed by atoms with E-state index in [0.717, 1.165) is 23.1 Å². The highest BCUT2D eigenvalue weighted by molar-refractivity contribution is 6.01. The van der Waals surface area contributed by atoms with Gasteiger partial charge in [0.2, 0.25) is 5.91 Å². The summed E-state index contributed by atoms with van der Waals surface area (Å²) in [6.07, 6.45) is 2.44. The highest BCUT2D eigenvalue weighted by atomic mass is 16.2.